The Kier molecular flexibility index (Phi) is 6.51. The van der Waals surface area contributed by atoms with E-state index in [-0.39, 0.29) is 11.8 Å². The zero-order valence-electron chi connectivity index (χ0n) is 15.3. The maximum Gasteiger partial charge on any atom is 0.279 e. The molecule has 142 valence electrons. The summed E-state index contributed by atoms with van der Waals surface area (Å²) in [5.41, 5.74) is 0.657. The minimum atomic E-state index is -0.0208. The summed E-state index contributed by atoms with van der Waals surface area (Å²) in [4.78, 5) is 26.9. The van der Waals surface area contributed by atoms with Crippen LogP contribution in [0.2, 0.25) is 5.02 Å². The first-order chi connectivity index (χ1) is 12.5. The van der Waals surface area contributed by atoms with Crippen molar-refractivity contribution in [1.29, 1.82) is 0 Å². The lowest BCUT2D eigenvalue weighted by Gasteiger charge is -2.29. The number of piperazine rings is 1. The largest absolute Gasteiger partial charge is 0.348 e. The maximum atomic E-state index is 12.2. The summed E-state index contributed by atoms with van der Waals surface area (Å²) in [6.45, 7) is 6.71. The average Bonchev–Trinajstić information content (AvgIpc) is 3.44. The smallest absolute Gasteiger partial charge is 0.279 e. The van der Waals surface area contributed by atoms with Gasteiger partial charge < -0.3 is 20.4 Å². The Balaban J connectivity index is 1.36. The third kappa shape index (κ3) is 5.69. The Morgan fingerprint density at radius 1 is 1.08 bits per heavy atom. The molecule has 0 unspecified atom stereocenters. The first-order valence-electron chi connectivity index (χ1n) is 9.52. The van der Waals surface area contributed by atoms with Crippen LogP contribution in [0.15, 0.2) is 24.3 Å². The second-order valence-corrected chi connectivity index (χ2v) is 7.98. The van der Waals surface area contributed by atoms with Crippen LogP contribution in [0, 0.1) is 5.92 Å². The summed E-state index contributed by atoms with van der Waals surface area (Å²) in [6.07, 6.45) is 2.49. The predicted molar refractivity (Wildman–Crippen MR) is 102 cm³/mol. The van der Waals surface area contributed by atoms with E-state index >= 15 is 0 Å². The number of halogens is 1. The molecule has 7 heteroatoms. The Morgan fingerprint density at radius 2 is 1.65 bits per heavy atom. The molecule has 2 fully saturated rings. The van der Waals surface area contributed by atoms with Crippen molar-refractivity contribution >= 4 is 29.1 Å². The number of para-hydroxylation sites is 1. The molecule has 6 nitrogen and oxygen atoms in total. The van der Waals surface area contributed by atoms with Crippen molar-refractivity contribution in [3.05, 3.63) is 29.3 Å². The van der Waals surface area contributed by atoms with Crippen LogP contribution in [0.5, 0.6) is 0 Å². The van der Waals surface area contributed by atoms with Crippen LogP contribution in [0.4, 0.5) is 5.69 Å². The molecule has 0 spiro atoms. The number of carbonyl (C=O) groups excluding carboxylic acids is 2. The summed E-state index contributed by atoms with van der Waals surface area (Å²) in [7, 11) is 0. The molecule has 1 aromatic carbocycles. The topological polar surface area (TPSA) is 67.1 Å². The summed E-state index contributed by atoms with van der Waals surface area (Å²) >= 11 is 6.08. The second-order valence-electron chi connectivity index (χ2n) is 7.58. The highest BCUT2D eigenvalue weighted by Gasteiger charge is 2.31. The quantitative estimate of drug-likeness (QED) is 0.489. The second kappa shape index (κ2) is 8.84. The van der Waals surface area contributed by atoms with Crippen LogP contribution in [0.25, 0.3) is 0 Å². The van der Waals surface area contributed by atoms with E-state index in [4.69, 9.17) is 11.6 Å². The molecule has 4 N–H and O–H groups in total. The van der Waals surface area contributed by atoms with Gasteiger partial charge in [-0.1, -0.05) is 23.7 Å². The number of hydrogen-bond donors (Lipinski definition) is 4. The Bertz CT molecular complexity index is 642. The minimum Gasteiger partial charge on any atom is -0.348 e. The van der Waals surface area contributed by atoms with Gasteiger partial charge in [0.15, 0.2) is 13.1 Å². The van der Waals surface area contributed by atoms with Gasteiger partial charge in [-0.3, -0.25) is 9.59 Å². The van der Waals surface area contributed by atoms with Gasteiger partial charge >= 0.3 is 0 Å². The first kappa shape index (κ1) is 19.1. The van der Waals surface area contributed by atoms with Crippen LogP contribution in [-0.2, 0) is 9.59 Å². The summed E-state index contributed by atoms with van der Waals surface area (Å²) in [6, 6.07) is 7.57. The fourth-order valence-electron chi connectivity index (χ4n) is 3.54. The Hall–Kier alpha value is -1.63. The summed E-state index contributed by atoms with van der Waals surface area (Å²) in [5.74, 6) is 0.818. The molecule has 1 aliphatic carbocycles. The zero-order chi connectivity index (χ0) is 18.5. The zero-order valence-corrected chi connectivity index (χ0v) is 16.1. The van der Waals surface area contributed by atoms with Crippen molar-refractivity contribution in [2.75, 3.05) is 44.6 Å². The molecule has 3 rings (SSSR count). The van der Waals surface area contributed by atoms with Crippen molar-refractivity contribution < 1.29 is 19.4 Å². The molecular formula is C19H29ClN4O2+2. The third-order valence-corrected chi connectivity index (χ3v) is 5.68. The molecular weight excluding hydrogens is 352 g/mol. The van der Waals surface area contributed by atoms with Crippen molar-refractivity contribution in [3.63, 3.8) is 0 Å². The number of rotatable bonds is 7. The molecule has 1 atom stereocenters. The van der Waals surface area contributed by atoms with Crippen LogP contribution in [0.3, 0.4) is 0 Å². The predicted octanol–water partition coefficient (Wildman–Crippen LogP) is -1.02. The van der Waals surface area contributed by atoms with E-state index in [0.29, 0.717) is 35.8 Å². The summed E-state index contributed by atoms with van der Waals surface area (Å²) < 4.78 is 0. The molecule has 1 aliphatic heterocycles. The van der Waals surface area contributed by atoms with Crippen molar-refractivity contribution in [3.8, 4) is 0 Å². The fraction of sp³-hybridized carbons (Fsp3) is 0.579. The highest BCUT2D eigenvalue weighted by molar-refractivity contribution is 6.33. The van der Waals surface area contributed by atoms with E-state index in [9.17, 15) is 9.59 Å². The van der Waals surface area contributed by atoms with Gasteiger partial charge in [0.05, 0.1) is 10.7 Å². The number of quaternary nitrogens is 2. The van der Waals surface area contributed by atoms with Crippen LogP contribution >= 0.6 is 11.6 Å². The van der Waals surface area contributed by atoms with Crippen molar-refractivity contribution in [2.45, 2.75) is 25.8 Å². The normalized spacial score (nSPS) is 23.9. The van der Waals surface area contributed by atoms with Gasteiger partial charge in [-0.15, -0.1) is 0 Å². The van der Waals surface area contributed by atoms with Crippen LogP contribution in [-0.4, -0.2) is 57.1 Å². The summed E-state index contributed by atoms with van der Waals surface area (Å²) in [5, 5.41) is 6.55. The number of anilines is 1. The lowest BCUT2D eigenvalue weighted by molar-refractivity contribution is -1.00. The molecule has 2 amide bonds. The van der Waals surface area contributed by atoms with Gasteiger partial charge in [0.2, 0.25) is 0 Å². The minimum absolute atomic E-state index is 0.0208. The number of hydrogen-bond acceptors (Lipinski definition) is 2. The molecule has 1 aromatic rings. The molecule has 0 radical (unpaired) electrons. The molecule has 1 saturated heterocycles. The molecule has 1 heterocycles. The number of benzene rings is 1. The number of carbonyl (C=O) groups is 2. The standard InChI is InChI=1S/C19H27ClN4O2/c1-14(15-6-7-15)21-18(25)12-23-8-10-24(11-9-23)13-19(26)22-17-5-3-2-4-16(17)20/h2-5,14-15H,6-13H2,1H3,(H,21,25)(H,22,26)/p+2/t14-/m1/s1. The molecule has 0 aromatic heterocycles. The van der Waals surface area contributed by atoms with E-state index in [1.54, 1.807) is 12.1 Å². The first-order valence-corrected chi connectivity index (χ1v) is 9.90. The lowest BCUT2D eigenvalue weighted by Crippen LogP contribution is -3.28. The average molecular weight is 381 g/mol. The Morgan fingerprint density at radius 3 is 2.23 bits per heavy atom. The SMILES string of the molecule is C[C@@H](NC(=O)C[NH+]1CC[NH+](CC(=O)Nc2ccccc2Cl)CC1)C1CC1. The maximum absolute atomic E-state index is 12.2. The molecule has 2 aliphatic rings. The monoisotopic (exact) mass is 380 g/mol. The van der Waals surface area contributed by atoms with E-state index < -0.39 is 0 Å². The van der Waals surface area contributed by atoms with Crippen LogP contribution < -0.4 is 20.4 Å². The van der Waals surface area contributed by atoms with Gasteiger partial charge in [0.25, 0.3) is 11.8 Å². The van der Waals surface area contributed by atoms with Gasteiger partial charge in [-0.25, -0.2) is 0 Å². The molecule has 0 bridgehead atoms. The van der Waals surface area contributed by atoms with E-state index in [1.165, 1.54) is 22.6 Å². The van der Waals surface area contributed by atoms with Gasteiger partial charge in [0, 0.05) is 6.04 Å². The number of nitrogens with one attached hydrogen (secondary N) is 4. The van der Waals surface area contributed by atoms with Crippen molar-refractivity contribution in [2.24, 2.45) is 5.92 Å². The number of amides is 2. The Labute approximate surface area is 159 Å². The van der Waals surface area contributed by atoms with E-state index in [2.05, 4.69) is 17.6 Å². The fourth-order valence-corrected chi connectivity index (χ4v) is 3.72. The van der Waals surface area contributed by atoms with Crippen molar-refractivity contribution in [1.82, 2.24) is 5.32 Å². The van der Waals surface area contributed by atoms with Gasteiger partial charge in [0.1, 0.15) is 26.2 Å². The lowest BCUT2D eigenvalue weighted by atomic mass is 10.2. The highest BCUT2D eigenvalue weighted by atomic mass is 35.5. The van der Waals surface area contributed by atoms with Gasteiger partial charge in [-0.2, -0.15) is 0 Å². The highest BCUT2D eigenvalue weighted by Crippen LogP contribution is 2.32. The third-order valence-electron chi connectivity index (χ3n) is 5.35. The van der Waals surface area contributed by atoms with E-state index in [1.807, 2.05) is 12.1 Å². The molecule has 1 saturated carbocycles. The molecule has 26 heavy (non-hydrogen) atoms. The van der Waals surface area contributed by atoms with E-state index in [0.717, 1.165) is 26.2 Å². The van der Waals surface area contributed by atoms with Gasteiger partial charge in [-0.05, 0) is 37.8 Å². The van der Waals surface area contributed by atoms with Crippen LogP contribution in [0.1, 0.15) is 19.8 Å².